The van der Waals surface area contributed by atoms with Crippen LogP contribution in [0.25, 0.3) is 0 Å². The van der Waals surface area contributed by atoms with Gasteiger partial charge in [0.25, 0.3) is 0 Å². The predicted octanol–water partition coefficient (Wildman–Crippen LogP) is 4.84. The zero-order valence-electron chi connectivity index (χ0n) is 12.2. The summed E-state index contributed by atoms with van der Waals surface area (Å²) in [5, 5.41) is 0. The fourth-order valence-corrected chi connectivity index (χ4v) is 2.81. The number of carbonyl (C=O) groups is 1. The van der Waals surface area contributed by atoms with Crippen LogP contribution in [0.3, 0.4) is 0 Å². The van der Waals surface area contributed by atoms with Crippen LogP contribution in [0.4, 0.5) is 0 Å². The van der Waals surface area contributed by atoms with E-state index in [1.54, 1.807) is 0 Å². The molecule has 1 heteroatoms. The molecule has 0 N–H and O–H groups in total. The van der Waals surface area contributed by atoms with E-state index in [0.29, 0.717) is 17.6 Å². The number of ketones is 1. The molecule has 0 aromatic rings. The highest BCUT2D eigenvalue weighted by Crippen LogP contribution is 2.32. The molecular weight excluding hydrogens is 208 g/mol. The van der Waals surface area contributed by atoms with E-state index in [9.17, 15) is 4.79 Å². The molecule has 0 aromatic carbocycles. The molecule has 1 fully saturated rings. The lowest BCUT2D eigenvalue weighted by Crippen LogP contribution is -2.25. The van der Waals surface area contributed by atoms with Gasteiger partial charge in [0.1, 0.15) is 5.78 Å². The van der Waals surface area contributed by atoms with Crippen LogP contribution in [0.1, 0.15) is 72.6 Å². The number of Topliss-reactive ketones (excluding diaryl/α,β-unsaturated/α-hetero) is 1. The number of hydrogen-bond donors (Lipinski definition) is 0. The average Bonchev–Trinajstić information content (AvgIpc) is 2.24. The molecule has 0 amide bonds. The SMILES string of the molecule is CC(C)CCC1CCC(CCC(C)C)C(=O)C1. The van der Waals surface area contributed by atoms with Gasteiger partial charge in [-0.15, -0.1) is 0 Å². The smallest absolute Gasteiger partial charge is 0.136 e. The van der Waals surface area contributed by atoms with Gasteiger partial charge < -0.3 is 0 Å². The number of carbonyl (C=O) groups excluding carboxylic acids is 1. The fraction of sp³-hybridized carbons (Fsp3) is 0.938. The Morgan fingerprint density at radius 3 is 2.12 bits per heavy atom. The Kier molecular flexibility index (Phi) is 6.22. The van der Waals surface area contributed by atoms with Crippen LogP contribution in [0.15, 0.2) is 0 Å². The van der Waals surface area contributed by atoms with Gasteiger partial charge in [-0.3, -0.25) is 4.79 Å². The summed E-state index contributed by atoms with van der Waals surface area (Å²) < 4.78 is 0. The summed E-state index contributed by atoms with van der Waals surface area (Å²) in [4.78, 5) is 12.1. The van der Waals surface area contributed by atoms with Crippen LogP contribution in [-0.2, 0) is 4.79 Å². The van der Waals surface area contributed by atoms with Gasteiger partial charge >= 0.3 is 0 Å². The molecule has 1 rings (SSSR count). The standard InChI is InChI=1S/C16H30O/c1-12(2)5-7-14-8-10-15(16(17)11-14)9-6-13(3)4/h12-15H,5-11H2,1-4H3. The first kappa shape index (κ1) is 14.7. The van der Waals surface area contributed by atoms with Gasteiger partial charge in [-0.2, -0.15) is 0 Å². The summed E-state index contributed by atoms with van der Waals surface area (Å²) >= 11 is 0. The summed E-state index contributed by atoms with van der Waals surface area (Å²) in [5.74, 6) is 3.17. The molecule has 0 bridgehead atoms. The van der Waals surface area contributed by atoms with Crippen molar-refractivity contribution in [3.05, 3.63) is 0 Å². The van der Waals surface area contributed by atoms with Crippen molar-refractivity contribution in [3.8, 4) is 0 Å². The topological polar surface area (TPSA) is 17.1 Å². The van der Waals surface area contributed by atoms with E-state index in [-0.39, 0.29) is 0 Å². The Morgan fingerprint density at radius 1 is 1.00 bits per heavy atom. The van der Waals surface area contributed by atoms with E-state index in [0.717, 1.165) is 31.1 Å². The van der Waals surface area contributed by atoms with Crippen molar-refractivity contribution >= 4 is 5.78 Å². The third-order valence-electron chi connectivity index (χ3n) is 4.11. The molecule has 0 aliphatic heterocycles. The third kappa shape index (κ3) is 5.70. The summed E-state index contributed by atoms with van der Waals surface area (Å²) in [5.41, 5.74) is 0. The normalized spacial score (nSPS) is 25.9. The van der Waals surface area contributed by atoms with E-state index in [1.165, 1.54) is 25.7 Å². The van der Waals surface area contributed by atoms with Crippen LogP contribution >= 0.6 is 0 Å². The molecule has 1 nitrogen and oxygen atoms in total. The molecular formula is C16H30O. The predicted molar refractivity (Wildman–Crippen MR) is 74.0 cm³/mol. The minimum atomic E-state index is 0.396. The largest absolute Gasteiger partial charge is 0.299 e. The van der Waals surface area contributed by atoms with Crippen molar-refractivity contribution < 1.29 is 4.79 Å². The second-order valence-corrected chi connectivity index (χ2v) is 6.75. The third-order valence-corrected chi connectivity index (χ3v) is 4.11. The summed E-state index contributed by atoms with van der Waals surface area (Å²) in [6.07, 6.45) is 8.22. The quantitative estimate of drug-likeness (QED) is 0.647. The molecule has 17 heavy (non-hydrogen) atoms. The fourth-order valence-electron chi connectivity index (χ4n) is 2.81. The molecule has 0 saturated heterocycles. The lowest BCUT2D eigenvalue weighted by Gasteiger charge is -2.28. The molecule has 100 valence electrons. The number of rotatable bonds is 6. The summed E-state index contributed by atoms with van der Waals surface area (Å²) in [6.45, 7) is 9.05. The summed E-state index contributed by atoms with van der Waals surface area (Å²) in [7, 11) is 0. The first-order chi connectivity index (χ1) is 7.99. The zero-order valence-corrected chi connectivity index (χ0v) is 12.2. The molecule has 2 unspecified atom stereocenters. The lowest BCUT2D eigenvalue weighted by atomic mass is 9.76. The maximum absolute atomic E-state index is 12.1. The molecule has 2 atom stereocenters. The number of hydrogen-bond acceptors (Lipinski definition) is 1. The Morgan fingerprint density at radius 2 is 1.59 bits per heavy atom. The van der Waals surface area contributed by atoms with Gasteiger partial charge in [-0.1, -0.05) is 40.5 Å². The minimum absolute atomic E-state index is 0.396. The second kappa shape index (κ2) is 7.18. The molecule has 0 heterocycles. The van der Waals surface area contributed by atoms with E-state index >= 15 is 0 Å². The first-order valence-electron chi connectivity index (χ1n) is 7.51. The van der Waals surface area contributed by atoms with E-state index in [2.05, 4.69) is 27.7 Å². The van der Waals surface area contributed by atoms with Crippen molar-refractivity contribution in [3.63, 3.8) is 0 Å². The second-order valence-electron chi connectivity index (χ2n) is 6.75. The Balaban J connectivity index is 2.26. The van der Waals surface area contributed by atoms with Gasteiger partial charge in [0.15, 0.2) is 0 Å². The first-order valence-corrected chi connectivity index (χ1v) is 7.51. The highest BCUT2D eigenvalue weighted by Gasteiger charge is 2.27. The molecule has 1 saturated carbocycles. The van der Waals surface area contributed by atoms with Gasteiger partial charge in [0, 0.05) is 12.3 Å². The van der Waals surface area contributed by atoms with Crippen LogP contribution in [0, 0.1) is 23.7 Å². The van der Waals surface area contributed by atoms with Crippen LogP contribution in [-0.4, -0.2) is 5.78 Å². The van der Waals surface area contributed by atoms with E-state index in [1.807, 2.05) is 0 Å². The minimum Gasteiger partial charge on any atom is -0.299 e. The van der Waals surface area contributed by atoms with Crippen LogP contribution in [0.5, 0.6) is 0 Å². The molecule has 0 radical (unpaired) electrons. The lowest BCUT2D eigenvalue weighted by molar-refractivity contribution is -0.126. The molecule has 0 spiro atoms. The van der Waals surface area contributed by atoms with Gasteiger partial charge in [0.05, 0.1) is 0 Å². The van der Waals surface area contributed by atoms with Gasteiger partial charge in [-0.25, -0.2) is 0 Å². The average molecular weight is 238 g/mol. The molecule has 1 aliphatic carbocycles. The molecule has 1 aliphatic rings. The van der Waals surface area contributed by atoms with Gasteiger partial charge in [0.2, 0.25) is 0 Å². The van der Waals surface area contributed by atoms with Crippen molar-refractivity contribution in [1.29, 1.82) is 0 Å². The van der Waals surface area contributed by atoms with Crippen molar-refractivity contribution in [1.82, 2.24) is 0 Å². The Labute approximate surface area is 107 Å². The highest BCUT2D eigenvalue weighted by atomic mass is 16.1. The van der Waals surface area contributed by atoms with E-state index < -0.39 is 0 Å². The highest BCUT2D eigenvalue weighted by molar-refractivity contribution is 5.81. The summed E-state index contributed by atoms with van der Waals surface area (Å²) in [6, 6.07) is 0. The zero-order chi connectivity index (χ0) is 12.8. The van der Waals surface area contributed by atoms with Crippen LogP contribution < -0.4 is 0 Å². The van der Waals surface area contributed by atoms with Crippen LogP contribution in [0.2, 0.25) is 0 Å². The monoisotopic (exact) mass is 238 g/mol. The van der Waals surface area contributed by atoms with Crippen molar-refractivity contribution in [2.75, 3.05) is 0 Å². The van der Waals surface area contributed by atoms with Crippen molar-refractivity contribution in [2.45, 2.75) is 72.6 Å². The molecule has 0 aromatic heterocycles. The van der Waals surface area contributed by atoms with Gasteiger partial charge in [-0.05, 0) is 43.4 Å². The van der Waals surface area contributed by atoms with E-state index in [4.69, 9.17) is 0 Å². The Hall–Kier alpha value is -0.330. The maximum atomic E-state index is 12.1. The Bertz CT molecular complexity index is 230. The maximum Gasteiger partial charge on any atom is 0.136 e. The van der Waals surface area contributed by atoms with Crippen molar-refractivity contribution in [2.24, 2.45) is 23.7 Å².